The smallest absolute Gasteiger partial charge is 0.00505 e. The fourth-order valence-electron chi connectivity index (χ4n) is 0.533. The summed E-state index contributed by atoms with van der Waals surface area (Å²) in [5, 5.41) is 1.58. The minimum absolute atomic E-state index is 0.604. The Balaban J connectivity index is 1.97. The summed E-state index contributed by atoms with van der Waals surface area (Å²) < 4.78 is 0. The molecule has 0 aromatic rings. The molecule has 1 atom stereocenters. The molecule has 0 spiro atoms. The Morgan fingerprint density at radius 2 is 2.29 bits per heavy atom. The minimum atomic E-state index is 0.604. The van der Waals surface area contributed by atoms with Gasteiger partial charge in [-0.05, 0) is 19.8 Å². The van der Waals surface area contributed by atoms with E-state index in [0.29, 0.717) is 5.25 Å². The fraction of sp³-hybridized carbons (Fsp3) is 0.833. The number of hydrogen-bond donors (Lipinski definition) is 0. The predicted octanol–water partition coefficient (Wildman–Crippen LogP) is 2.10. The molecule has 1 aliphatic rings. The van der Waals surface area contributed by atoms with Gasteiger partial charge in [-0.25, -0.2) is 0 Å². The zero-order valence-corrected chi connectivity index (χ0v) is 5.50. The molecule has 1 rings (SSSR count). The summed E-state index contributed by atoms with van der Waals surface area (Å²) in [6.07, 6.45) is 2.87. The van der Waals surface area contributed by atoms with Gasteiger partial charge in [-0.2, -0.15) is 11.8 Å². The lowest BCUT2D eigenvalue weighted by molar-refractivity contribution is 1.23. The molecule has 1 unspecified atom stereocenters. The van der Waals surface area contributed by atoms with Gasteiger partial charge < -0.3 is 0 Å². The topological polar surface area (TPSA) is 0 Å². The van der Waals surface area contributed by atoms with Gasteiger partial charge in [0.1, 0.15) is 0 Å². The van der Waals surface area contributed by atoms with E-state index < -0.39 is 0 Å². The molecular formula is C6H11S. The Bertz CT molecular complexity index is 55.2. The van der Waals surface area contributed by atoms with Gasteiger partial charge in [-0.15, -0.1) is 0 Å². The molecule has 1 fully saturated rings. The van der Waals surface area contributed by atoms with Crippen LogP contribution in [0.5, 0.6) is 0 Å². The quantitative estimate of drug-likeness (QED) is 0.531. The molecule has 1 heteroatoms. The van der Waals surface area contributed by atoms with Crippen LogP contribution in [0.1, 0.15) is 19.8 Å². The first-order chi connectivity index (χ1) is 3.29. The lowest BCUT2D eigenvalue weighted by Crippen LogP contribution is -1.87. The highest BCUT2D eigenvalue weighted by Gasteiger charge is 2.22. The van der Waals surface area contributed by atoms with Crippen LogP contribution in [0.3, 0.4) is 0 Å². The van der Waals surface area contributed by atoms with Crippen molar-refractivity contribution in [2.24, 2.45) is 0 Å². The monoisotopic (exact) mass is 115 g/mol. The van der Waals surface area contributed by atoms with Gasteiger partial charge in [0.25, 0.3) is 0 Å². The summed E-state index contributed by atoms with van der Waals surface area (Å²) >= 11 is 2.01. The highest BCUT2D eigenvalue weighted by molar-refractivity contribution is 8.00. The van der Waals surface area contributed by atoms with E-state index in [0.717, 1.165) is 5.25 Å². The van der Waals surface area contributed by atoms with E-state index in [4.69, 9.17) is 0 Å². The van der Waals surface area contributed by atoms with E-state index in [-0.39, 0.29) is 0 Å². The van der Waals surface area contributed by atoms with Crippen molar-refractivity contribution in [1.29, 1.82) is 0 Å². The van der Waals surface area contributed by atoms with Gasteiger partial charge >= 0.3 is 0 Å². The Morgan fingerprint density at radius 1 is 1.71 bits per heavy atom. The van der Waals surface area contributed by atoms with Crippen LogP contribution in [-0.2, 0) is 0 Å². The Labute approximate surface area is 49.7 Å². The second-order valence-electron chi connectivity index (χ2n) is 2.15. The van der Waals surface area contributed by atoms with Crippen molar-refractivity contribution in [3.63, 3.8) is 0 Å². The van der Waals surface area contributed by atoms with Gasteiger partial charge in [-0.1, -0.05) is 6.92 Å². The van der Waals surface area contributed by atoms with Gasteiger partial charge in [0.2, 0.25) is 0 Å². The number of thioether (sulfide) groups is 1. The maximum Gasteiger partial charge on any atom is 0.00505 e. The van der Waals surface area contributed by atoms with Crippen LogP contribution in [0, 0.1) is 6.92 Å². The normalized spacial score (nSPS) is 21.0. The average molecular weight is 115 g/mol. The van der Waals surface area contributed by atoms with Crippen LogP contribution >= 0.6 is 11.8 Å². The highest BCUT2D eigenvalue weighted by atomic mass is 32.2. The first-order valence-electron chi connectivity index (χ1n) is 2.77. The lowest BCUT2D eigenvalue weighted by Gasteiger charge is -1.98. The molecule has 41 valence electrons. The molecule has 0 aromatic carbocycles. The van der Waals surface area contributed by atoms with E-state index in [2.05, 4.69) is 13.8 Å². The molecule has 0 N–H and O–H groups in total. The van der Waals surface area contributed by atoms with Crippen molar-refractivity contribution < 1.29 is 0 Å². The fourth-order valence-corrected chi connectivity index (χ4v) is 1.60. The average Bonchev–Trinajstić information content (AvgIpc) is 2.17. The summed E-state index contributed by atoms with van der Waals surface area (Å²) in [4.78, 5) is 0. The summed E-state index contributed by atoms with van der Waals surface area (Å²) in [6, 6.07) is 0. The summed E-state index contributed by atoms with van der Waals surface area (Å²) in [5.41, 5.74) is 0. The van der Waals surface area contributed by atoms with Crippen LogP contribution in [0.4, 0.5) is 0 Å². The second-order valence-corrected chi connectivity index (χ2v) is 3.89. The van der Waals surface area contributed by atoms with Crippen molar-refractivity contribution in [3.8, 4) is 0 Å². The van der Waals surface area contributed by atoms with Gasteiger partial charge in [0.15, 0.2) is 0 Å². The van der Waals surface area contributed by atoms with Crippen LogP contribution in [-0.4, -0.2) is 10.5 Å². The largest absolute Gasteiger partial charge is 0.155 e. The first kappa shape index (κ1) is 5.49. The van der Waals surface area contributed by atoms with Crippen LogP contribution in [0.15, 0.2) is 0 Å². The molecule has 0 amide bonds. The Hall–Kier alpha value is 0.350. The molecule has 0 heterocycles. The van der Waals surface area contributed by atoms with E-state index >= 15 is 0 Å². The Kier molecular flexibility index (Phi) is 1.63. The molecule has 7 heavy (non-hydrogen) atoms. The van der Waals surface area contributed by atoms with E-state index in [9.17, 15) is 0 Å². The molecule has 0 saturated heterocycles. The molecule has 1 aliphatic carbocycles. The molecule has 0 nitrogen and oxygen atoms in total. The third-order valence-electron chi connectivity index (χ3n) is 0.949. The predicted molar refractivity (Wildman–Crippen MR) is 35.4 cm³/mol. The number of rotatable bonds is 2. The molecule has 0 aliphatic heterocycles. The van der Waals surface area contributed by atoms with Crippen molar-refractivity contribution in [3.05, 3.63) is 6.92 Å². The third-order valence-corrected chi connectivity index (χ3v) is 2.27. The second kappa shape index (κ2) is 2.08. The molecule has 0 aromatic heterocycles. The van der Waals surface area contributed by atoms with Crippen molar-refractivity contribution in [2.75, 3.05) is 0 Å². The zero-order valence-electron chi connectivity index (χ0n) is 4.68. The molecule has 0 bridgehead atoms. The van der Waals surface area contributed by atoms with Crippen LogP contribution in [0.25, 0.3) is 0 Å². The summed E-state index contributed by atoms with van der Waals surface area (Å²) in [7, 11) is 0. The maximum atomic E-state index is 3.88. The minimum Gasteiger partial charge on any atom is -0.155 e. The molecule has 1 radical (unpaired) electrons. The first-order valence-corrected chi connectivity index (χ1v) is 3.72. The van der Waals surface area contributed by atoms with Gasteiger partial charge in [0.05, 0.1) is 0 Å². The lowest BCUT2D eigenvalue weighted by atomic mass is 10.6. The van der Waals surface area contributed by atoms with Crippen molar-refractivity contribution >= 4 is 11.8 Å². The standard InChI is InChI=1S/C6H11S/c1-5(2)7-6-3-4-6/h5-6H,1,3-4H2,2H3. The SMILES string of the molecule is [CH2]C(C)SC1CC1. The summed E-state index contributed by atoms with van der Waals surface area (Å²) in [5.74, 6) is 0. The summed E-state index contributed by atoms with van der Waals surface area (Å²) in [6.45, 7) is 6.04. The van der Waals surface area contributed by atoms with E-state index in [1.807, 2.05) is 11.8 Å². The van der Waals surface area contributed by atoms with Crippen molar-refractivity contribution in [1.82, 2.24) is 0 Å². The van der Waals surface area contributed by atoms with Crippen LogP contribution < -0.4 is 0 Å². The Morgan fingerprint density at radius 3 is 2.43 bits per heavy atom. The molecule has 1 saturated carbocycles. The van der Waals surface area contributed by atoms with Crippen LogP contribution in [0.2, 0.25) is 0 Å². The van der Waals surface area contributed by atoms with E-state index in [1.54, 1.807) is 0 Å². The maximum absolute atomic E-state index is 3.88. The zero-order chi connectivity index (χ0) is 5.28. The highest BCUT2D eigenvalue weighted by Crippen LogP contribution is 2.36. The number of hydrogen-bond acceptors (Lipinski definition) is 1. The van der Waals surface area contributed by atoms with Gasteiger partial charge in [0, 0.05) is 10.5 Å². The van der Waals surface area contributed by atoms with Gasteiger partial charge in [-0.3, -0.25) is 0 Å². The van der Waals surface area contributed by atoms with Crippen molar-refractivity contribution in [2.45, 2.75) is 30.3 Å². The molecular weight excluding hydrogens is 104 g/mol. The van der Waals surface area contributed by atoms with E-state index in [1.165, 1.54) is 12.8 Å². The third kappa shape index (κ3) is 2.22.